The van der Waals surface area contributed by atoms with Crippen LogP contribution in [-0.2, 0) is 20.7 Å². The molecule has 0 radical (unpaired) electrons. The number of hydrogen-bond acceptors (Lipinski definition) is 7. The number of carbonyl (C=O) groups excluding carboxylic acids is 1. The van der Waals surface area contributed by atoms with E-state index in [-0.39, 0.29) is 32.4 Å². The van der Waals surface area contributed by atoms with Gasteiger partial charge in [-0.15, -0.1) is 0 Å². The van der Waals surface area contributed by atoms with Gasteiger partial charge < -0.3 is 19.3 Å². The fourth-order valence-corrected chi connectivity index (χ4v) is 4.52. The number of ether oxygens (including phenoxy) is 3. The van der Waals surface area contributed by atoms with Crippen molar-refractivity contribution in [3.05, 3.63) is 70.2 Å². The van der Waals surface area contributed by atoms with E-state index >= 15 is 4.39 Å². The zero-order valence-corrected chi connectivity index (χ0v) is 24.1. The molecule has 3 rings (SSSR count). The third-order valence-electron chi connectivity index (χ3n) is 5.65. The summed E-state index contributed by atoms with van der Waals surface area (Å²) in [6.45, 7) is 7.30. The summed E-state index contributed by atoms with van der Waals surface area (Å²) in [5.74, 6) is -5.93. The Hall–Kier alpha value is -3.90. The first-order valence-corrected chi connectivity index (χ1v) is 13.4. The van der Waals surface area contributed by atoms with Crippen LogP contribution in [0.25, 0.3) is 17.3 Å². The first kappa shape index (κ1) is 31.6. The van der Waals surface area contributed by atoms with Gasteiger partial charge in [-0.05, 0) is 42.0 Å². The zero-order valence-electron chi connectivity index (χ0n) is 23.3. The fourth-order valence-electron chi connectivity index (χ4n) is 3.73. The number of carbonyl (C=O) groups is 2. The molecule has 1 amide bonds. The Morgan fingerprint density at radius 1 is 1.12 bits per heavy atom. The van der Waals surface area contributed by atoms with Crippen LogP contribution in [0, 0.1) is 22.9 Å². The van der Waals surface area contributed by atoms with E-state index < -0.39 is 40.7 Å². The molecule has 0 unspecified atom stereocenters. The van der Waals surface area contributed by atoms with Crippen LogP contribution in [0.1, 0.15) is 48.7 Å². The molecule has 0 saturated heterocycles. The quantitative estimate of drug-likeness (QED) is 0.139. The van der Waals surface area contributed by atoms with Gasteiger partial charge in [-0.1, -0.05) is 44.2 Å². The number of halogens is 3. The van der Waals surface area contributed by atoms with Crippen molar-refractivity contribution in [3.63, 3.8) is 0 Å². The number of nitrogens with zero attached hydrogens (tertiary/aromatic N) is 1. The van der Waals surface area contributed by atoms with Crippen molar-refractivity contribution in [1.82, 2.24) is 4.98 Å². The van der Waals surface area contributed by atoms with E-state index in [0.29, 0.717) is 37.7 Å². The molecule has 12 heteroatoms. The molecule has 3 aromatic rings. The minimum atomic E-state index is -1.52. The topological polar surface area (TPSA) is 107 Å². The highest BCUT2D eigenvalue weighted by molar-refractivity contribution is 7.18. The lowest BCUT2D eigenvalue weighted by molar-refractivity contribution is -0.135. The van der Waals surface area contributed by atoms with Gasteiger partial charge in [-0.3, -0.25) is 10.1 Å². The van der Waals surface area contributed by atoms with Crippen molar-refractivity contribution in [3.8, 4) is 16.3 Å². The van der Waals surface area contributed by atoms with E-state index in [4.69, 9.17) is 14.6 Å². The first-order chi connectivity index (χ1) is 19.3. The Morgan fingerprint density at radius 3 is 2.39 bits per heavy atom. The van der Waals surface area contributed by atoms with E-state index in [1.807, 2.05) is 0 Å². The normalized spacial score (nSPS) is 11.9. The molecule has 2 aromatic carbocycles. The lowest BCUT2D eigenvalue weighted by Gasteiger charge is -2.18. The molecule has 220 valence electrons. The van der Waals surface area contributed by atoms with Crippen LogP contribution >= 0.6 is 11.3 Å². The highest BCUT2D eigenvalue weighted by Crippen LogP contribution is 2.39. The van der Waals surface area contributed by atoms with Gasteiger partial charge in [0.25, 0.3) is 5.91 Å². The van der Waals surface area contributed by atoms with Gasteiger partial charge in [0.1, 0.15) is 23.1 Å². The maximum absolute atomic E-state index is 15.4. The molecule has 0 spiro atoms. The standard InChI is InChI=1S/C29H31F3N2O6S/c1-29(2,3)15-40-11-7-9-16-8-6-10-18(23(16)32)24-27(39-5)41-28(33-24)34-25(35)17-12-20(30)19(21(31)13-17)14-22(38-4)26(36)37/h6,8,10,12-14H,7,9,11,15H2,1-5H3,(H,36,37)(H,33,34,35). The number of hydrogen-bond donors (Lipinski definition) is 2. The van der Waals surface area contributed by atoms with Crippen LogP contribution in [0.3, 0.4) is 0 Å². The molecule has 0 bridgehead atoms. The Morgan fingerprint density at radius 2 is 1.80 bits per heavy atom. The third-order valence-corrected chi connectivity index (χ3v) is 6.59. The molecule has 0 aliphatic carbocycles. The number of nitrogens with one attached hydrogen (secondary N) is 1. The molecule has 41 heavy (non-hydrogen) atoms. The van der Waals surface area contributed by atoms with Gasteiger partial charge in [0, 0.05) is 29.4 Å². The molecule has 0 fully saturated rings. The van der Waals surface area contributed by atoms with Crippen molar-refractivity contribution >= 4 is 34.4 Å². The number of aryl methyl sites for hydroxylation is 1. The van der Waals surface area contributed by atoms with Gasteiger partial charge in [-0.25, -0.2) is 22.9 Å². The van der Waals surface area contributed by atoms with Crippen molar-refractivity contribution in [1.29, 1.82) is 0 Å². The average Bonchev–Trinajstić information content (AvgIpc) is 3.30. The number of anilines is 1. The van der Waals surface area contributed by atoms with Crippen LogP contribution in [0.15, 0.2) is 36.1 Å². The fraction of sp³-hybridized carbons (Fsp3) is 0.345. The van der Waals surface area contributed by atoms with Gasteiger partial charge in [-0.2, -0.15) is 0 Å². The summed E-state index contributed by atoms with van der Waals surface area (Å²) >= 11 is 0.914. The summed E-state index contributed by atoms with van der Waals surface area (Å²) < 4.78 is 60.2. The summed E-state index contributed by atoms with van der Waals surface area (Å²) in [4.78, 5) is 28.2. The summed E-state index contributed by atoms with van der Waals surface area (Å²) in [5, 5.41) is 11.7. The third kappa shape index (κ3) is 8.30. The van der Waals surface area contributed by atoms with Crippen molar-refractivity contribution in [2.75, 3.05) is 32.8 Å². The molecule has 0 atom stereocenters. The first-order valence-electron chi connectivity index (χ1n) is 12.5. The van der Waals surface area contributed by atoms with Crippen LogP contribution in [-0.4, -0.2) is 49.4 Å². The van der Waals surface area contributed by atoms with Gasteiger partial charge in [0.15, 0.2) is 5.13 Å². The Kier molecular flexibility index (Phi) is 10.5. The van der Waals surface area contributed by atoms with Gasteiger partial charge in [0.2, 0.25) is 10.8 Å². The predicted molar refractivity (Wildman–Crippen MR) is 150 cm³/mol. The summed E-state index contributed by atoms with van der Waals surface area (Å²) in [6.07, 6.45) is 1.74. The van der Waals surface area contributed by atoms with E-state index in [0.717, 1.165) is 30.6 Å². The van der Waals surface area contributed by atoms with E-state index in [9.17, 15) is 18.4 Å². The highest BCUT2D eigenvalue weighted by Gasteiger charge is 2.22. The molecule has 1 aromatic heterocycles. The summed E-state index contributed by atoms with van der Waals surface area (Å²) in [5.41, 5.74) is -0.220. The van der Waals surface area contributed by atoms with Gasteiger partial charge >= 0.3 is 5.97 Å². The number of aliphatic carboxylic acids is 1. The molecule has 0 aliphatic heterocycles. The SMILES string of the molecule is COC(=Cc1c(F)cc(C(=O)Nc2nc(-c3cccc(CCCOCC(C)(C)C)c3F)c(OC)s2)cc1F)C(=O)O. The van der Waals surface area contributed by atoms with E-state index in [1.54, 1.807) is 18.2 Å². The van der Waals surface area contributed by atoms with Crippen molar-refractivity contribution < 1.29 is 42.1 Å². The smallest absolute Gasteiger partial charge is 0.371 e. The van der Waals surface area contributed by atoms with Crippen LogP contribution in [0.4, 0.5) is 18.3 Å². The molecule has 1 heterocycles. The Labute approximate surface area is 239 Å². The number of rotatable bonds is 12. The molecule has 0 aliphatic rings. The second kappa shape index (κ2) is 13.6. The van der Waals surface area contributed by atoms with Crippen LogP contribution < -0.4 is 10.1 Å². The number of methoxy groups -OCH3 is 2. The van der Waals surface area contributed by atoms with Crippen molar-refractivity contribution in [2.45, 2.75) is 33.6 Å². The molecule has 2 N–H and O–H groups in total. The summed E-state index contributed by atoms with van der Waals surface area (Å²) in [6, 6.07) is 6.42. The Balaban J connectivity index is 1.79. The lowest BCUT2D eigenvalue weighted by atomic mass is 9.99. The number of thiazole rings is 1. The van der Waals surface area contributed by atoms with Crippen LogP contribution in [0.2, 0.25) is 0 Å². The number of aromatic nitrogens is 1. The van der Waals surface area contributed by atoms with E-state index in [2.05, 4.69) is 35.8 Å². The highest BCUT2D eigenvalue weighted by atomic mass is 32.1. The molecule has 0 saturated carbocycles. The Bertz CT molecular complexity index is 1430. The lowest BCUT2D eigenvalue weighted by Crippen LogP contribution is -2.15. The minimum Gasteiger partial charge on any atom is -0.490 e. The maximum atomic E-state index is 15.4. The maximum Gasteiger partial charge on any atom is 0.371 e. The summed E-state index contributed by atoms with van der Waals surface area (Å²) in [7, 11) is 2.42. The second-order valence-electron chi connectivity index (χ2n) is 10.2. The van der Waals surface area contributed by atoms with Gasteiger partial charge in [0.05, 0.1) is 20.8 Å². The van der Waals surface area contributed by atoms with Crippen LogP contribution in [0.5, 0.6) is 5.06 Å². The number of carboxylic acids is 1. The monoisotopic (exact) mass is 592 g/mol. The zero-order chi connectivity index (χ0) is 30.3. The molecular weight excluding hydrogens is 561 g/mol. The minimum absolute atomic E-state index is 0.0135. The second-order valence-corrected chi connectivity index (χ2v) is 11.1. The number of carboxylic acid groups (broad SMARTS) is 1. The van der Waals surface area contributed by atoms with E-state index in [1.165, 1.54) is 7.11 Å². The average molecular weight is 593 g/mol. The largest absolute Gasteiger partial charge is 0.490 e. The number of benzene rings is 2. The van der Waals surface area contributed by atoms with Crippen molar-refractivity contribution in [2.24, 2.45) is 5.41 Å². The number of amides is 1. The molecular formula is C29H31F3N2O6S. The molecule has 8 nitrogen and oxygen atoms in total. The predicted octanol–water partition coefficient (Wildman–Crippen LogP) is 6.56.